The number of rotatable bonds is 6. The van der Waals surface area contributed by atoms with Crippen molar-refractivity contribution in [3.8, 4) is 0 Å². The van der Waals surface area contributed by atoms with E-state index in [1.165, 1.54) is 0 Å². The molecular weight excluding hydrogens is 234 g/mol. The Balaban J connectivity index is 4.38. The third kappa shape index (κ3) is 5.11. The number of hydrogen-bond acceptors (Lipinski definition) is 4. The minimum Gasteiger partial charge on any atom is -0.480 e. The predicted molar refractivity (Wildman–Crippen MR) is 58.7 cm³/mol. The monoisotopic (exact) mass is 251 g/mol. The van der Waals surface area contributed by atoms with Gasteiger partial charge < -0.3 is 10.4 Å². The number of hydrogen-bond donors (Lipinski definition) is 2. The maximum atomic E-state index is 11.4. The van der Waals surface area contributed by atoms with E-state index in [4.69, 9.17) is 5.11 Å². The van der Waals surface area contributed by atoms with E-state index in [1.54, 1.807) is 0 Å². The van der Waals surface area contributed by atoms with Crippen molar-refractivity contribution in [3.63, 3.8) is 0 Å². The van der Waals surface area contributed by atoms with E-state index in [2.05, 4.69) is 5.32 Å². The van der Waals surface area contributed by atoms with Crippen molar-refractivity contribution in [3.05, 3.63) is 0 Å². The molecule has 0 aliphatic heterocycles. The van der Waals surface area contributed by atoms with Crippen LogP contribution in [0.4, 0.5) is 0 Å². The van der Waals surface area contributed by atoms with Crippen molar-refractivity contribution < 1.29 is 23.1 Å². The topological polar surface area (TPSA) is 101 Å². The Labute approximate surface area is 95.0 Å². The van der Waals surface area contributed by atoms with Crippen molar-refractivity contribution in [2.24, 2.45) is 5.92 Å². The molecule has 0 saturated heterocycles. The summed E-state index contributed by atoms with van der Waals surface area (Å²) in [6.45, 7) is 5.16. The van der Waals surface area contributed by atoms with Gasteiger partial charge in [0.05, 0.1) is 0 Å². The molecule has 0 fully saturated rings. The Morgan fingerprint density at radius 1 is 1.25 bits per heavy atom. The molecule has 0 aliphatic carbocycles. The van der Waals surface area contributed by atoms with Crippen molar-refractivity contribution in [1.82, 2.24) is 5.32 Å². The summed E-state index contributed by atoms with van der Waals surface area (Å²) >= 11 is 0. The van der Waals surface area contributed by atoms with Crippen LogP contribution in [0.2, 0.25) is 0 Å². The van der Waals surface area contributed by atoms with E-state index < -0.39 is 32.7 Å². The van der Waals surface area contributed by atoms with Gasteiger partial charge in [0.2, 0.25) is 5.91 Å². The zero-order valence-corrected chi connectivity index (χ0v) is 10.4. The van der Waals surface area contributed by atoms with E-state index in [1.807, 2.05) is 13.8 Å². The minimum absolute atomic E-state index is 0.212. The number of carbonyl (C=O) groups excluding carboxylic acids is 1. The fourth-order valence-electron chi connectivity index (χ4n) is 0.830. The fraction of sp³-hybridized carbons (Fsp3) is 0.778. The maximum Gasteiger partial charge on any atom is 0.321 e. The highest BCUT2D eigenvalue weighted by atomic mass is 32.2. The van der Waals surface area contributed by atoms with Crippen LogP contribution >= 0.6 is 0 Å². The Kier molecular flexibility index (Phi) is 5.43. The first-order valence-corrected chi connectivity index (χ1v) is 6.59. The molecule has 7 heteroatoms. The molecule has 1 unspecified atom stereocenters. The van der Waals surface area contributed by atoms with Gasteiger partial charge in [-0.3, -0.25) is 9.59 Å². The summed E-state index contributed by atoms with van der Waals surface area (Å²) in [4.78, 5) is 21.7. The van der Waals surface area contributed by atoms with Crippen molar-refractivity contribution in [2.45, 2.75) is 26.0 Å². The molecule has 94 valence electrons. The summed E-state index contributed by atoms with van der Waals surface area (Å²) in [6, 6.07) is 0. The number of carbonyl (C=O) groups is 2. The Bertz CT molecular complexity index is 360. The van der Waals surface area contributed by atoms with Crippen molar-refractivity contribution >= 4 is 21.7 Å². The molecule has 6 nitrogen and oxygen atoms in total. The Morgan fingerprint density at radius 2 is 1.75 bits per heavy atom. The van der Waals surface area contributed by atoms with Gasteiger partial charge in [0.15, 0.2) is 15.1 Å². The van der Waals surface area contributed by atoms with Gasteiger partial charge in [-0.05, 0) is 12.8 Å². The summed E-state index contributed by atoms with van der Waals surface area (Å²) in [5.41, 5.74) is 0. The summed E-state index contributed by atoms with van der Waals surface area (Å²) in [5, 5.41) is 9.40. The van der Waals surface area contributed by atoms with Gasteiger partial charge >= 0.3 is 5.97 Å². The van der Waals surface area contributed by atoms with Crippen LogP contribution in [0.25, 0.3) is 0 Å². The van der Waals surface area contributed by atoms with Crippen LogP contribution in [0, 0.1) is 5.92 Å². The molecule has 0 aromatic rings. The normalized spacial score (nSPS) is 13.5. The second-order valence-electron chi connectivity index (χ2n) is 3.99. The molecule has 0 aromatic heterocycles. The number of carboxylic acid groups (broad SMARTS) is 1. The number of carboxylic acids is 1. The van der Waals surface area contributed by atoms with Gasteiger partial charge in [-0.15, -0.1) is 0 Å². The molecule has 0 radical (unpaired) electrons. The lowest BCUT2D eigenvalue weighted by atomic mass is 10.2. The summed E-state index contributed by atoms with van der Waals surface area (Å²) in [7, 11) is -3.92. The molecule has 0 aliphatic rings. The average molecular weight is 251 g/mol. The van der Waals surface area contributed by atoms with E-state index in [0.29, 0.717) is 6.54 Å². The minimum atomic E-state index is -3.92. The SMILES string of the molecule is CC(C)CNC(=O)CS(=O)(=O)C(C)C(=O)O. The summed E-state index contributed by atoms with van der Waals surface area (Å²) < 4.78 is 22.8. The van der Waals surface area contributed by atoms with E-state index >= 15 is 0 Å². The van der Waals surface area contributed by atoms with Crippen molar-refractivity contribution in [1.29, 1.82) is 0 Å². The molecule has 0 heterocycles. The number of sulfone groups is 1. The summed E-state index contributed by atoms with van der Waals surface area (Å²) in [6.07, 6.45) is 0. The predicted octanol–water partition coefficient (Wildman–Crippen LogP) is -0.353. The van der Waals surface area contributed by atoms with Gasteiger partial charge in [0, 0.05) is 6.54 Å². The average Bonchev–Trinajstić information content (AvgIpc) is 2.12. The molecule has 2 N–H and O–H groups in total. The lowest BCUT2D eigenvalue weighted by Gasteiger charge is -2.10. The Morgan fingerprint density at radius 3 is 2.12 bits per heavy atom. The molecular formula is C9H17NO5S. The van der Waals surface area contributed by atoms with Gasteiger partial charge in [-0.1, -0.05) is 13.8 Å². The quantitative estimate of drug-likeness (QED) is 0.671. The van der Waals surface area contributed by atoms with Gasteiger partial charge in [-0.2, -0.15) is 0 Å². The van der Waals surface area contributed by atoms with Crippen LogP contribution in [0.3, 0.4) is 0 Å². The molecule has 1 amide bonds. The first kappa shape index (κ1) is 14.9. The van der Waals surface area contributed by atoms with Crippen LogP contribution in [0.1, 0.15) is 20.8 Å². The van der Waals surface area contributed by atoms with Crippen LogP contribution < -0.4 is 5.32 Å². The molecule has 0 saturated carbocycles. The number of aliphatic carboxylic acids is 1. The van der Waals surface area contributed by atoms with E-state index in [9.17, 15) is 18.0 Å². The van der Waals surface area contributed by atoms with Crippen molar-refractivity contribution in [2.75, 3.05) is 12.3 Å². The summed E-state index contributed by atoms with van der Waals surface area (Å²) in [5.74, 6) is -2.69. The zero-order valence-electron chi connectivity index (χ0n) is 9.56. The maximum absolute atomic E-state index is 11.4. The van der Waals surface area contributed by atoms with Crippen LogP contribution in [0.5, 0.6) is 0 Å². The zero-order chi connectivity index (χ0) is 12.9. The number of amides is 1. The smallest absolute Gasteiger partial charge is 0.321 e. The highest BCUT2D eigenvalue weighted by molar-refractivity contribution is 7.93. The molecule has 1 atom stereocenters. The van der Waals surface area contributed by atoms with Crippen LogP contribution in [-0.2, 0) is 19.4 Å². The third-order valence-electron chi connectivity index (χ3n) is 1.93. The molecule has 0 aromatic carbocycles. The lowest BCUT2D eigenvalue weighted by molar-refractivity contribution is -0.136. The van der Waals surface area contributed by atoms with E-state index in [-0.39, 0.29) is 5.92 Å². The third-order valence-corrected chi connectivity index (χ3v) is 3.87. The first-order valence-electron chi connectivity index (χ1n) is 4.88. The first-order chi connectivity index (χ1) is 7.16. The second kappa shape index (κ2) is 5.83. The second-order valence-corrected chi connectivity index (χ2v) is 6.31. The molecule has 0 bridgehead atoms. The lowest BCUT2D eigenvalue weighted by Crippen LogP contribution is -2.38. The Hall–Kier alpha value is -1.11. The standard InChI is InChI=1S/C9H17NO5S/c1-6(2)4-10-8(11)5-16(14,15)7(3)9(12)13/h6-7H,4-5H2,1-3H3,(H,10,11)(H,12,13). The molecule has 16 heavy (non-hydrogen) atoms. The highest BCUT2D eigenvalue weighted by Crippen LogP contribution is 2.02. The van der Waals surface area contributed by atoms with Crippen LogP contribution in [0.15, 0.2) is 0 Å². The van der Waals surface area contributed by atoms with Crippen LogP contribution in [-0.4, -0.2) is 42.9 Å². The van der Waals surface area contributed by atoms with Gasteiger partial charge in [-0.25, -0.2) is 8.42 Å². The number of nitrogens with one attached hydrogen (secondary N) is 1. The van der Waals surface area contributed by atoms with Gasteiger partial charge in [0.1, 0.15) is 5.75 Å². The molecule has 0 spiro atoms. The highest BCUT2D eigenvalue weighted by Gasteiger charge is 2.29. The fourth-order valence-corrected chi connectivity index (χ4v) is 1.86. The van der Waals surface area contributed by atoms with Gasteiger partial charge in [0.25, 0.3) is 0 Å². The van der Waals surface area contributed by atoms with E-state index in [0.717, 1.165) is 6.92 Å². The largest absolute Gasteiger partial charge is 0.480 e. The molecule has 0 rings (SSSR count).